The van der Waals surface area contributed by atoms with Gasteiger partial charge in [0.25, 0.3) is 0 Å². The highest BCUT2D eigenvalue weighted by Gasteiger charge is 2.51. The number of hydrogen-bond acceptors (Lipinski definition) is 3. The van der Waals surface area contributed by atoms with Crippen molar-refractivity contribution in [2.45, 2.75) is 38.9 Å². The van der Waals surface area contributed by atoms with Gasteiger partial charge in [0, 0.05) is 11.1 Å². The fraction of sp³-hybridized carbons (Fsp3) is 0.316. The second-order valence-corrected chi connectivity index (χ2v) is 7.27. The van der Waals surface area contributed by atoms with Gasteiger partial charge in [-0.2, -0.15) is 0 Å². The van der Waals surface area contributed by atoms with E-state index >= 15 is 0 Å². The second kappa shape index (κ2) is 5.97. The van der Waals surface area contributed by atoms with Gasteiger partial charge in [0.2, 0.25) is 5.91 Å². The quantitative estimate of drug-likeness (QED) is 0.874. The maximum absolute atomic E-state index is 14.3. The molecular formula is C19H21BFNO3. The van der Waals surface area contributed by atoms with E-state index in [-0.39, 0.29) is 5.82 Å². The molecule has 4 nitrogen and oxygen atoms in total. The molecule has 25 heavy (non-hydrogen) atoms. The van der Waals surface area contributed by atoms with Crippen molar-refractivity contribution < 1.29 is 18.5 Å². The summed E-state index contributed by atoms with van der Waals surface area (Å²) in [5, 5.41) is 0. The lowest BCUT2D eigenvalue weighted by Crippen LogP contribution is -2.41. The first-order valence-corrected chi connectivity index (χ1v) is 8.16. The number of carbonyl (C=O) groups excluding carboxylic acids is 1. The molecule has 2 aromatic rings. The Balaban J connectivity index is 1.95. The average Bonchev–Trinajstić information content (AvgIpc) is 2.76. The van der Waals surface area contributed by atoms with Crippen molar-refractivity contribution in [3.05, 3.63) is 53.8 Å². The minimum absolute atomic E-state index is 0.355. The van der Waals surface area contributed by atoms with Crippen LogP contribution in [0, 0.1) is 5.82 Å². The Bertz CT molecular complexity index is 802. The van der Waals surface area contributed by atoms with E-state index in [4.69, 9.17) is 15.0 Å². The van der Waals surface area contributed by atoms with Crippen LogP contribution in [0.3, 0.4) is 0 Å². The molecule has 2 aromatic carbocycles. The molecule has 6 heteroatoms. The molecule has 1 heterocycles. The molecule has 0 spiro atoms. The molecule has 1 saturated heterocycles. The summed E-state index contributed by atoms with van der Waals surface area (Å²) in [6, 6.07) is 11.3. The van der Waals surface area contributed by atoms with Gasteiger partial charge < -0.3 is 15.0 Å². The smallest absolute Gasteiger partial charge is 0.399 e. The number of primary amides is 1. The summed E-state index contributed by atoms with van der Waals surface area (Å²) in [4.78, 5) is 11.2. The molecule has 0 aromatic heterocycles. The maximum Gasteiger partial charge on any atom is 0.494 e. The third-order valence-corrected chi connectivity index (χ3v) is 5.00. The van der Waals surface area contributed by atoms with Crippen molar-refractivity contribution in [1.82, 2.24) is 0 Å². The highest BCUT2D eigenvalue weighted by molar-refractivity contribution is 6.62. The SMILES string of the molecule is CC1(C)OB(c2ccc(F)c(-c3ccc(C(N)=O)cc3)c2)OC1(C)C. The predicted octanol–water partition coefficient (Wildman–Crippen LogP) is 2.89. The van der Waals surface area contributed by atoms with Gasteiger partial charge >= 0.3 is 7.12 Å². The Kier molecular flexibility index (Phi) is 4.21. The lowest BCUT2D eigenvalue weighted by Gasteiger charge is -2.32. The van der Waals surface area contributed by atoms with E-state index in [1.165, 1.54) is 6.07 Å². The number of carbonyl (C=O) groups is 1. The summed E-state index contributed by atoms with van der Waals surface area (Å²) in [5.74, 6) is -0.870. The van der Waals surface area contributed by atoms with Crippen LogP contribution in [0.25, 0.3) is 11.1 Å². The molecule has 0 saturated carbocycles. The molecule has 0 bridgehead atoms. The molecule has 1 aliphatic heterocycles. The van der Waals surface area contributed by atoms with Crippen LogP contribution in [-0.4, -0.2) is 24.2 Å². The number of rotatable bonds is 3. The molecule has 0 unspecified atom stereocenters. The van der Waals surface area contributed by atoms with Gasteiger partial charge in [-0.15, -0.1) is 0 Å². The average molecular weight is 341 g/mol. The zero-order valence-corrected chi connectivity index (χ0v) is 14.8. The minimum atomic E-state index is -0.561. The number of amides is 1. The Hall–Kier alpha value is -2.18. The lowest BCUT2D eigenvalue weighted by atomic mass is 9.78. The number of halogens is 1. The molecular weight excluding hydrogens is 320 g/mol. The van der Waals surface area contributed by atoms with Crippen molar-refractivity contribution in [1.29, 1.82) is 0 Å². The summed E-state index contributed by atoms with van der Waals surface area (Å²) in [7, 11) is -0.561. The van der Waals surface area contributed by atoms with E-state index in [2.05, 4.69) is 0 Å². The van der Waals surface area contributed by atoms with Crippen LogP contribution in [0.15, 0.2) is 42.5 Å². The van der Waals surface area contributed by atoms with Gasteiger partial charge in [0.05, 0.1) is 11.2 Å². The van der Waals surface area contributed by atoms with Gasteiger partial charge in [0.1, 0.15) is 5.82 Å². The van der Waals surface area contributed by atoms with Crippen molar-refractivity contribution >= 4 is 18.5 Å². The van der Waals surface area contributed by atoms with Crippen LogP contribution in [0.2, 0.25) is 0 Å². The van der Waals surface area contributed by atoms with E-state index in [1.54, 1.807) is 36.4 Å². The Morgan fingerprint density at radius 2 is 1.56 bits per heavy atom. The van der Waals surface area contributed by atoms with Gasteiger partial charge in [-0.25, -0.2) is 4.39 Å². The van der Waals surface area contributed by atoms with E-state index in [1.807, 2.05) is 27.7 Å². The topological polar surface area (TPSA) is 61.5 Å². The van der Waals surface area contributed by atoms with E-state index < -0.39 is 24.2 Å². The van der Waals surface area contributed by atoms with Gasteiger partial charge in [-0.3, -0.25) is 4.79 Å². The van der Waals surface area contributed by atoms with Crippen LogP contribution in [0.4, 0.5) is 4.39 Å². The lowest BCUT2D eigenvalue weighted by molar-refractivity contribution is 0.00578. The van der Waals surface area contributed by atoms with E-state index in [0.717, 1.165) is 5.46 Å². The Morgan fingerprint density at radius 3 is 2.08 bits per heavy atom. The molecule has 0 radical (unpaired) electrons. The predicted molar refractivity (Wildman–Crippen MR) is 96.1 cm³/mol. The summed E-state index contributed by atoms with van der Waals surface area (Å²) in [6.45, 7) is 7.89. The number of nitrogens with two attached hydrogens (primary N) is 1. The first-order chi connectivity index (χ1) is 11.6. The molecule has 1 fully saturated rings. The highest BCUT2D eigenvalue weighted by Crippen LogP contribution is 2.36. The molecule has 3 rings (SSSR count). The number of hydrogen-bond donors (Lipinski definition) is 1. The first kappa shape index (κ1) is 17.6. The monoisotopic (exact) mass is 341 g/mol. The van der Waals surface area contributed by atoms with Crippen molar-refractivity contribution in [2.24, 2.45) is 5.73 Å². The van der Waals surface area contributed by atoms with Gasteiger partial charge in [0.15, 0.2) is 0 Å². The molecule has 2 N–H and O–H groups in total. The second-order valence-electron chi connectivity index (χ2n) is 7.27. The maximum atomic E-state index is 14.3. The van der Waals surface area contributed by atoms with Crippen LogP contribution in [-0.2, 0) is 9.31 Å². The minimum Gasteiger partial charge on any atom is -0.399 e. The standard InChI is InChI=1S/C19H21BFNO3/c1-18(2)19(3,4)25-20(24-18)14-9-10-16(21)15(11-14)12-5-7-13(8-6-12)17(22)23/h5-11H,1-4H3,(H2,22,23). The first-order valence-electron chi connectivity index (χ1n) is 8.16. The third kappa shape index (κ3) is 3.19. The molecule has 1 amide bonds. The zero-order valence-electron chi connectivity index (χ0n) is 14.8. The van der Waals surface area contributed by atoms with Crippen molar-refractivity contribution in [3.8, 4) is 11.1 Å². The van der Waals surface area contributed by atoms with Gasteiger partial charge in [-0.05, 0) is 56.9 Å². The van der Waals surface area contributed by atoms with Gasteiger partial charge in [-0.1, -0.05) is 24.3 Å². The zero-order chi connectivity index (χ0) is 18.4. The fourth-order valence-corrected chi connectivity index (χ4v) is 2.70. The normalized spacial score (nSPS) is 18.4. The Labute approximate surface area is 147 Å². The highest BCUT2D eigenvalue weighted by atomic mass is 19.1. The molecule has 130 valence electrons. The van der Waals surface area contributed by atoms with Crippen molar-refractivity contribution in [3.63, 3.8) is 0 Å². The summed E-state index contributed by atoms with van der Waals surface area (Å²) in [6.07, 6.45) is 0. The summed E-state index contributed by atoms with van der Waals surface area (Å²) in [5.41, 5.74) is 6.52. The van der Waals surface area contributed by atoms with E-state index in [9.17, 15) is 9.18 Å². The summed E-state index contributed by atoms with van der Waals surface area (Å²) < 4.78 is 26.4. The van der Waals surface area contributed by atoms with Crippen LogP contribution >= 0.6 is 0 Å². The van der Waals surface area contributed by atoms with Crippen molar-refractivity contribution in [2.75, 3.05) is 0 Å². The Morgan fingerprint density at radius 1 is 1.00 bits per heavy atom. The molecule has 0 atom stereocenters. The fourth-order valence-electron chi connectivity index (χ4n) is 2.70. The number of benzene rings is 2. The van der Waals surface area contributed by atoms with E-state index in [0.29, 0.717) is 16.7 Å². The summed E-state index contributed by atoms with van der Waals surface area (Å²) >= 11 is 0. The largest absolute Gasteiger partial charge is 0.494 e. The van der Waals surface area contributed by atoms with Crippen LogP contribution < -0.4 is 11.2 Å². The van der Waals surface area contributed by atoms with Crippen LogP contribution in [0.5, 0.6) is 0 Å². The molecule has 1 aliphatic rings. The van der Waals surface area contributed by atoms with Crippen LogP contribution in [0.1, 0.15) is 38.1 Å². The third-order valence-electron chi connectivity index (χ3n) is 5.00. The molecule has 0 aliphatic carbocycles.